The Labute approximate surface area is 151 Å². The molecule has 1 rings (SSSR count). The first kappa shape index (κ1) is 21.5. The minimum atomic E-state index is -4.16. The van der Waals surface area contributed by atoms with Gasteiger partial charge in [0.15, 0.2) is 5.96 Å². The lowest BCUT2D eigenvalue weighted by molar-refractivity contribution is -0.143. The van der Waals surface area contributed by atoms with Gasteiger partial charge in [-0.15, -0.1) is 0 Å². The van der Waals surface area contributed by atoms with Crippen molar-refractivity contribution in [3.05, 3.63) is 29.0 Å². The van der Waals surface area contributed by atoms with Gasteiger partial charge in [0.2, 0.25) is 0 Å². The summed E-state index contributed by atoms with van der Waals surface area (Å²) in [7, 11) is 1.46. The molecule has 0 aromatic carbocycles. The summed E-state index contributed by atoms with van der Waals surface area (Å²) in [5, 5.41) is 6.77. The molecule has 0 radical (unpaired) electrons. The topological polar surface area (TPSA) is 52.6 Å². The van der Waals surface area contributed by atoms with Crippen LogP contribution in [0.25, 0.3) is 0 Å². The number of aliphatic imine (C=N–C) groups is 1. The molecule has 0 unspecified atom stereocenters. The summed E-state index contributed by atoms with van der Waals surface area (Å²) in [5.74, 6) is 0.655. The SMILES string of the molecule is CCNC(=NCCCN(C)CC(F)(F)F)NCCc1ccc(Cl)nc1. The molecule has 1 aromatic rings. The number of halogens is 4. The molecule has 5 nitrogen and oxygen atoms in total. The van der Waals surface area contributed by atoms with Gasteiger partial charge in [-0.25, -0.2) is 4.98 Å². The van der Waals surface area contributed by atoms with E-state index in [1.807, 2.05) is 13.0 Å². The van der Waals surface area contributed by atoms with Crippen molar-refractivity contribution in [1.82, 2.24) is 20.5 Å². The Bertz CT molecular complexity index is 519. The lowest BCUT2D eigenvalue weighted by Gasteiger charge is -2.18. The zero-order valence-electron chi connectivity index (χ0n) is 14.5. The van der Waals surface area contributed by atoms with Gasteiger partial charge in [-0.1, -0.05) is 17.7 Å². The maximum atomic E-state index is 12.2. The maximum absolute atomic E-state index is 12.2. The lowest BCUT2D eigenvalue weighted by atomic mass is 10.2. The van der Waals surface area contributed by atoms with Crippen LogP contribution in [0.1, 0.15) is 18.9 Å². The zero-order valence-corrected chi connectivity index (χ0v) is 15.3. The van der Waals surface area contributed by atoms with Crippen LogP contribution in [-0.2, 0) is 6.42 Å². The first-order valence-electron chi connectivity index (χ1n) is 8.18. The number of guanidine groups is 1. The van der Waals surface area contributed by atoms with Crippen LogP contribution in [0.15, 0.2) is 23.3 Å². The summed E-state index contributed by atoms with van der Waals surface area (Å²) in [6.07, 6.45) is -1.11. The highest BCUT2D eigenvalue weighted by atomic mass is 35.5. The molecular weight excluding hydrogens is 355 g/mol. The number of aromatic nitrogens is 1. The molecule has 0 amide bonds. The van der Waals surface area contributed by atoms with Gasteiger partial charge in [0, 0.05) is 25.8 Å². The quantitative estimate of drug-likeness (QED) is 0.300. The molecule has 0 aliphatic heterocycles. The smallest absolute Gasteiger partial charge is 0.357 e. The predicted molar refractivity (Wildman–Crippen MR) is 95.1 cm³/mol. The highest BCUT2D eigenvalue weighted by Crippen LogP contribution is 2.15. The molecule has 25 heavy (non-hydrogen) atoms. The summed E-state index contributed by atoms with van der Waals surface area (Å²) in [4.78, 5) is 9.65. The Hall–Kier alpha value is -1.54. The summed E-state index contributed by atoms with van der Waals surface area (Å²) in [5.41, 5.74) is 1.06. The van der Waals surface area contributed by atoms with Crippen LogP contribution < -0.4 is 10.6 Å². The normalized spacial score (nSPS) is 12.5. The van der Waals surface area contributed by atoms with Gasteiger partial charge >= 0.3 is 6.18 Å². The molecule has 142 valence electrons. The molecule has 9 heteroatoms. The third kappa shape index (κ3) is 10.8. The fourth-order valence-electron chi connectivity index (χ4n) is 2.14. The van der Waals surface area contributed by atoms with E-state index in [2.05, 4.69) is 20.6 Å². The Morgan fingerprint density at radius 1 is 1.32 bits per heavy atom. The molecule has 0 saturated heterocycles. The Kier molecular flexibility index (Phi) is 9.59. The molecule has 0 saturated carbocycles. The van der Waals surface area contributed by atoms with Crippen molar-refractivity contribution in [2.75, 3.05) is 39.8 Å². The average Bonchev–Trinajstić information content (AvgIpc) is 2.51. The van der Waals surface area contributed by atoms with E-state index in [0.717, 1.165) is 12.0 Å². The molecular formula is C16H25ClF3N5. The monoisotopic (exact) mass is 379 g/mol. The summed E-state index contributed by atoms with van der Waals surface area (Å²) in [6, 6.07) is 3.66. The molecule has 2 N–H and O–H groups in total. The lowest BCUT2D eigenvalue weighted by Crippen LogP contribution is -2.38. The van der Waals surface area contributed by atoms with E-state index in [0.29, 0.717) is 43.7 Å². The fraction of sp³-hybridized carbons (Fsp3) is 0.625. The predicted octanol–water partition coefficient (Wildman–Crippen LogP) is 2.72. The third-order valence-electron chi connectivity index (χ3n) is 3.26. The van der Waals surface area contributed by atoms with Crippen molar-refractivity contribution in [1.29, 1.82) is 0 Å². The van der Waals surface area contributed by atoms with Crippen molar-refractivity contribution in [2.24, 2.45) is 4.99 Å². The summed E-state index contributed by atoms with van der Waals surface area (Å²) < 4.78 is 36.7. The Morgan fingerprint density at radius 3 is 2.68 bits per heavy atom. The number of rotatable bonds is 9. The van der Waals surface area contributed by atoms with Crippen LogP contribution in [0, 0.1) is 0 Å². The van der Waals surface area contributed by atoms with Crippen LogP contribution in [0.2, 0.25) is 5.15 Å². The van der Waals surface area contributed by atoms with Gasteiger partial charge in [-0.3, -0.25) is 9.89 Å². The number of hydrogen-bond acceptors (Lipinski definition) is 3. The average molecular weight is 380 g/mol. The highest BCUT2D eigenvalue weighted by Gasteiger charge is 2.28. The van der Waals surface area contributed by atoms with E-state index in [-0.39, 0.29) is 0 Å². The first-order valence-corrected chi connectivity index (χ1v) is 8.56. The minimum Gasteiger partial charge on any atom is -0.357 e. The van der Waals surface area contributed by atoms with Crippen LogP contribution in [0.4, 0.5) is 13.2 Å². The second-order valence-corrected chi connectivity index (χ2v) is 6.02. The van der Waals surface area contributed by atoms with Crippen molar-refractivity contribution < 1.29 is 13.2 Å². The van der Waals surface area contributed by atoms with Crippen LogP contribution >= 0.6 is 11.6 Å². The number of alkyl halides is 3. The van der Waals surface area contributed by atoms with Crippen LogP contribution in [0.3, 0.4) is 0 Å². The van der Waals surface area contributed by atoms with Crippen molar-refractivity contribution in [2.45, 2.75) is 25.9 Å². The largest absolute Gasteiger partial charge is 0.401 e. The minimum absolute atomic E-state index is 0.346. The molecule has 0 atom stereocenters. The van der Waals surface area contributed by atoms with Crippen LogP contribution in [-0.4, -0.2) is 61.8 Å². The second kappa shape index (κ2) is 11.1. The van der Waals surface area contributed by atoms with E-state index in [9.17, 15) is 13.2 Å². The molecule has 0 spiro atoms. The van der Waals surface area contributed by atoms with Gasteiger partial charge in [0.05, 0.1) is 6.54 Å². The van der Waals surface area contributed by atoms with Crippen molar-refractivity contribution in [3.63, 3.8) is 0 Å². The third-order valence-corrected chi connectivity index (χ3v) is 3.48. The molecule has 1 aromatic heterocycles. The standard InChI is InChI=1S/C16H25ClF3N5/c1-3-21-15(22-8-4-10-25(2)12-16(18,19)20)23-9-7-13-5-6-14(17)24-11-13/h5-6,11H,3-4,7-10,12H2,1-2H3,(H2,21,22,23). The molecule has 0 fully saturated rings. The van der Waals surface area contributed by atoms with E-state index in [1.54, 1.807) is 12.3 Å². The highest BCUT2D eigenvalue weighted by molar-refractivity contribution is 6.29. The van der Waals surface area contributed by atoms with Gasteiger partial charge < -0.3 is 10.6 Å². The zero-order chi connectivity index (χ0) is 18.7. The van der Waals surface area contributed by atoms with E-state index in [1.165, 1.54) is 11.9 Å². The first-order chi connectivity index (χ1) is 11.8. The Balaban J connectivity index is 2.32. The summed E-state index contributed by atoms with van der Waals surface area (Å²) >= 11 is 5.74. The number of pyridine rings is 1. The molecule has 0 bridgehead atoms. The molecule has 0 aliphatic carbocycles. The van der Waals surface area contributed by atoms with E-state index < -0.39 is 12.7 Å². The number of nitrogens with one attached hydrogen (secondary N) is 2. The summed E-state index contributed by atoms with van der Waals surface area (Å²) in [6.45, 7) is 3.24. The van der Waals surface area contributed by atoms with Crippen molar-refractivity contribution in [3.8, 4) is 0 Å². The van der Waals surface area contributed by atoms with Crippen molar-refractivity contribution >= 4 is 17.6 Å². The van der Waals surface area contributed by atoms with Gasteiger partial charge in [0.1, 0.15) is 5.15 Å². The van der Waals surface area contributed by atoms with Gasteiger partial charge in [-0.05, 0) is 45.0 Å². The molecule has 0 aliphatic rings. The molecule has 1 heterocycles. The fourth-order valence-corrected chi connectivity index (χ4v) is 2.25. The van der Waals surface area contributed by atoms with Gasteiger partial charge in [-0.2, -0.15) is 13.2 Å². The Morgan fingerprint density at radius 2 is 2.08 bits per heavy atom. The second-order valence-electron chi connectivity index (χ2n) is 5.63. The van der Waals surface area contributed by atoms with E-state index in [4.69, 9.17) is 11.6 Å². The number of nitrogens with zero attached hydrogens (tertiary/aromatic N) is 3. The maximum Gasteiger partial charge on any atom is 0.401 e. The van der Waals surface area contributed by atoms with Gasteiger partial charge in [0.25, 0.3) is 0 Å². The van der Waals surface area contributed by atoms with E-state index >= 15 is 0 Å². The van der Waals surface area contributed by atoms with Crippen LogP contribution in [0.5, 0.6) is 0 Å². The number of hydrogen-bond donors (Lipinski definition) is 2.